The molecular formula is C13H16F3N6O3P. The molecule has 0 saturated heterocycles. The molecule has 1 aliphatic carbocycles. The quantitative estimate of drug-likeness (QED) is 0.578. The van der Waals surface area contributed by atoms with Gasteiger partial charge in [0.15, 0.2) is 11.5 Å². The predicted molar refractivity (Wildman–Crippen MR) is 86.7 cm³/mol. The zero-order valence-corrected chi connectivity index (χ0v) is 14.2. The molecule has 26 heavy (non-hydrogen) atoms. The number of hydrogen-bond acceptors (Lipinski definition) is 6. The number of nitrogens with zero attached hydrogens (tertiary/aromatic N) is 4. The number of halogens is 3. The highest BCUT2D eigenvalue weighted by Gasteiger charge is 2.57. The summed E-state index contributed by atoms with van der Waals surface area (Å²) < 4.78 is 53.4. The van der Waals surface area contributed by atoms with Crippen molar-refractivity contribution in [2.45, 2.75) is 31.5 Å². The van der Waals surface area contributed by atoms with Crippen molar-refractivity contribution in [1.82, 2.24) is 19.5 Å². The summed E-state index contributed by atoms with van der Waals surface area (Å²) in [5, 5.41) is 0. The topological polar surface area (TPSA) is 153 Å². The highest BCUT2D eigenvalue weighted by Crippen LogP contribution is 2.56. The number of allylic oxidation sites excluding steroid dienone is 1. The smallest absolute Gasteiger partial charge is 0.382 e. The third kappa shape index (κ3) is 3.27. The Labute approximate surface area is 145 Å². The van der Waals surface area contributed by atoms with Crippen LogP contribution < -0.4 is 11.5 Å². The third-order valence-electron chi connectivity index (χ3n) is 4.53. The van der Waals surface area contributed by atoms with E-state index in [1.165, 1.54) is 10.9 Å². The summed E-state index contributed by atoms with van der Waals surface area (Å²) in [6.45, 7) is 0. The number of aromatic nitrogens is 4. The monoisotopic (exact) mass is 392 g/mol. The molecule has 2 aromatic heterocycles. The molecule has 2 heterocycles. The van der Waals surface area contributed by atoms with Crippen molar-refractivity contribution in [3.05, 3.63) is 18.2 Å². The molecule has 0 aromatic carbocycles. The first-order chi connectivity index (χ1) is 11.9. The van der Waals surface area contributed by atoms with Crippen LogP contribution in [0.1, 0.15) is 25.3 Å². The van der Waals surface area contributed by atoms with E-state index in [-0.39, 0.29) is 35.8 Å². The second-order valence-corrected chi connectivity index (χ2v) is 7.72. The third-order valence-corrected chi connectivity index (χ3v) is 5.07. The Morgan fingerprint density at radius 2 is 2.04 bits per heavy atom. The lowest BCUT2D eigenvalue weighted by Crippen LogP contribution is -2.34. The van der Waals surface area contributed by atoms with Crippen LogP contribution in [0.2, 0.25) is 0 Å². The van der Waals surface area contributed by atoms with Crippen molar-refractivity contribution < 1.29 is 27.5 Å². The van der Waals surface area contributed by atoms with Gasteiger partial charge in [-0.05, 0) is 19.3 Å². The number of hydrogen-bond donors (Lipinski definition) is 4. The molecule has 0 unspecified atom stereocenters. The van der Waals surface area contributed by atoms with Gasteiger partial charge in [0.2, 0.25) is 5.95 Å². The second-order valence-electron chi connectivity index (χ2n) is 6.25. The van der Waals surface area contributed by atoms with Gasteiger partial charge < -0.3 is 25.8 Å². The molecule has 6 N–H and O–H groups in total. The van der Waals surface area contributed by atoms with E-state index in [1.807, 2.05) is 0 Å². The van der Waals surface area contributed by atoms with E-state index in [2.05, 4.69) is 15.0 Å². The van der Waals surface area contributed by atoms with Crippen molar-refractivity contribution in [2.24, 2.45) is 5.41 Å². The first kappa shape index (κ1) is 18.6. The lowest BCUT2D eigenvalue weighted by atomic mass is 9.85. The van der Waals surface area contributed by atoms with Gasteiger partial charge in [-0.25, -0.2) is 4.98 Å². The molecule has 13 heteroatoms. The van der Waals surface area contributed by atoms with E-state index in [9.17, 15) is 17.7 Å². The number of rotatable bonds is 3. The summed E-state index contributed by atoms with van der Waals surface area (Å²) in [6.07, 6.45) is -3.41. The molecule has 2 aromatic rings. The summed E-state index contributed by atoms with van der Waals surface area (Å²) in [6, 6.07) is -0.642. The Morgan fingerprint density at radius 1 is 1.35 bits per heavy atom. The molecule has 9 nitrogen and oxygen atoms in total. The highest BCUT2D eigenvalue weighted by molar-refractivity contribution is 7.55. The Kier molecular flexibility index (Phi) is 4.25. The predicted octanol–water partition coefficient (Wildman–Crippen LogP) is 1.96. The molecule has 3 rings (SSSR count). The fourth-order valence-corrected chi connectivity index (χ4v) is 3.73. The van der Waals surface area contributed by atoms with Gasteiger partial charge in [0.1, 0.15) is 5.52 Å². The molecule has 0 aliphatic heterocycles. The highest BCUT2D eigenvalue weighted by atomic mass is 31.2. The molecule has 1 aliphatic rings. The van der Waals surface area contributed by atoms with Crippen molar-refractivity contribution >= 4 is 30.5 Å². The standard InChI is InChI=1S/C13H16F3N6O3P/c14-13(15,16)12(3-4-26(23,24)25)2-1-7(5-12)22-6-19-8-9(17)20-11(18)21-10(8)22/h3-4,6-7H,1-2,5H2,(H2,23,24,25)(H4,17,18,20,21)/b4-3+/t7-,12+/m0/s1. The number of alkyl halides is 3. The van der Waals surface area contributed by atoms with E-state index in [0.717, 1.165) is 0 Å². The minimum atomic E-state index is -4.72. The van der Waals surface area contributed by atoms with Crippen LogP contribution in [0.15, 0.2) is 18.2 Å². The Morgan fingerprint density at radius 3 is 2.65 bits per heavy atom. The zero-order valence-electron chi connectivity index (χ0n) is 13.3. The summed E-state index contributed by atoms with van der Waals surface area (Å²) >= 11 is 0. The van der Waals surface area contributed by atoms with Gasteiger partial charge in [0.25, 0.3) is 0 Å². The molecular weight excluding hydrogens is 376 g/mol. The fourth-order valence-electron chi connectivity index (χ4n) is 3.25. The number of nitrogens with two attached hydrogens (primary N) is 2. The summed E-state index contributed by atoms with van der Waals surface area (Å²) in [4.78, 5) is 29.6. The summed E-state index contributed by atoms with van der Waals surface area (Å²) in [5.74, 6) is 0.207. The maximum absolute atomic E-state index is 13.7. The van der Waals surface area contributed by atoms with Gasteiger partial charge >= 0.3 is 13.8 Å². The minimum absolute atomic E-state index is 0.0210. The minimum Gasteiger partial charge on any atom is -0.382 e. The first-order valence-corrected chi connectivity index (χ1v) is 9.18. The van der Waals surface area contributed by atoms with Crippen molar-refractivity contribution in [1.29, 1.82) is 0 Å². The Balaban J connectivity index is 2.00. The van der Waals surface area contributed by atoms with Crippen LogP contribution in [-0.4, -0.2) is 35.5 Å². The van der Waals surface area contributed by atoms with E-state index in [1.54, 1.807) is 0 Å². The molecule has 142 valence electrons. The van der Waals surface area contributed by atoms with Crippen LogP contribution >= 0.6 is 7.60 Å². The normalized spacial score (nSPS) is 24.7. The Bertz CT molecular complexity index is 924. The van der Waals surface area contributed by atoms with Crippen molar-refractivity contribution in [3.8, 4) is 0 Å². The van der Waals surface area contributed by atoms with Crippen LogP contribution in [0.3, 0.4) is 0 Å². The van der Waals surface area contributed by atoms with Crippen LogP contribution in [-0.2, 0) is 4.57 Å². The second kappa shape index (κ2) is 5.93. The summed E-state index contributed by atoms with van der Waals surface area (Å²) in [5.41, 5.74) is 9.35. The van der Waals surface area contributed by atoms with Crippen LogP contribution in [0.4, 0.5) is 24.9 Å². The molecule has 0 bridgehead atoms. The van der Waals surface area contributed by atoms with Crippen LogP contribution in [0.5, 0.6) is 0 Å². The average Bonchev–Trinajstić information content (AvgIpc) is 3.08. The molecule has 0 radical (unpaired) electrons. The van der Waals surface area contributed by atoms with Crippen LogP contribution in [0, 0.1) is 5.41 Å². The maximum Gasteiger partial charge on any atom is 0.397 e. The SMILES string of the molecule is Nc1nc(N)c2ncn([C@H]3CC[C@](/C=C/P(=O)(O)O)(C(F)(F)F)C3)c2n1. The maximum atomic E-state index is 13.7. The molecule has 1 fully saturated rings. The van der Waals surface area contributed by atoms with Crippen LogP contribution in [0.25, 0.3) is 11.2 Å². The first-order valence-electron chi connectivity index (χ1n) is 7.50. The lowest BCUT2D eigenvalue weighted by molar-refractivity contribution is -0.204. The molecule has 1 saturated carbocycles. The number of imidazole rings is 1. The van der Waals surface area contributed by atoms with Gasteiger partial charge in [0, 0.05) is 11.9 Å². The average molecular weight is 392 g/mol. The van der Waals surface area contributed by atoms with Gasteiger partial charge in [-0.2, -0.15) is 23.1 Å². The van der Waals surface area contributed by atoms with Gasteiger partial charge in [0.05, 0.1) is 11.7 Å². The zero-order chi connectivity index (χ0) is 19.3. The van der Waals surface area contributed by atoms with Gasteiger partial charge in [-0.3, -0.25) is 4.57 Å². The summed E-state index contributed by atoms with van der Waals surface area (Å²) in [7, 11) is -4.72. The molecule has 2 atom stereocenters. The van der Waals surface area contributed by atoms with E-state index in [0.29, 0.717) is 11.9 Å². The lowest BCUT2D eigenvalue weighted by Gasteiger charge is -2.29. The molecule has 0 amide bonds. The largest absolute Gasteiger partial charge is 0.397 e. The molecule has 0 spiro atoms. The Hall–Kier alpha value is -2.17. The number of anilines is 2. The fraction of sp³-hybridized carbons (Fsp3) is 0.462. The van der Waals surface area contributed by atoms with E-state index >= 15 is 0 Å². The number of fused-ring (bicyclic) bond motifs is 1. The van der Waals surface area contributed by atoms with Gasteiger partial charge in [-0.1, -0.05) is 6.08 Å². The van der Waals surface area contributed by atoms with Crippen molar-refractivity contribution in [2.75, 3.05) is 11.5 Å². The van der Waals surface area contributed by atoms with E-state index in [4.69, 9.17) is 21.3 Å². The van der Waals surface area contributed by atoms with E-state index < -0.39 is 31.6 Å². The van der Waals surface area contributed by atoms with Crippen molar-refractivity contribution in [3.63, 3.8) is 0 Å². The number of nitrogen functional groups attached to an aromatic ring is 2. The van der Waals surface area contributed by atoms with Gasteiger partial charge in [-0.15, -0.1) is 0 Å².